The van der Waals surface area contributed by atoms with Gasteiger partial charge in [-0.1, -0.05) is 29.8 Å². The second-order valence-electron chi connectivity index (χ2n) is 4.83. The van der Waals surface area contributed by atoms with Crippen LogP contribution in [-0.4, -0.2) is 6.54 Å². The number of aryl methyl sites for hydroxylation is 2. The molecular weight excluding hydrogens is 239 g/mol. The van der Waals surface area contributed by atoms with Gasteiger partial charge in [-0.3, -0.25) is 0 Å². The average molecular weight is 258 g/mol. The normalized spacial score (nSPS) is 12.2. The van der Waals surface area contributed by atoms with Crippen molar-refractivity contribution in [3.8, 4) is 0 Å². The van der Waals surface area contributed by atoms with E-state index in [0.717, 1.165) is 16.8 Å². The third-order valence-corrected chi connectivity index (χ3v) is 3.12. The summed E-state index contributed by atoms with van der Waals surface area (Å²) in [7, 11) is 0. The maximum absolute atomic E-state index is 13.9. The van der Waals surface area contributed by atoms with E-state index in [9.17, 15) is 4.39 Å². The van der Waals surface area contributed by atoms with Gasteiger partial charge < -0.3 is 11.1 Å². The van der Waals surface area contributed by atoms with Gasteiger partial charge in [0.2, 0.25) is 0 Å². The van der Waals surface area contributed by atoms with Crippen molar-refractivity contribution >= 4 is 5.69 Å². The quantitative estimate of drug-likeness (QED) is 0.880. The van der Waals surface area contributed by atoms with Gasteiger partial charge in [0.05, 0.1) is 6.04 Å². The molecule has 0 heterocycles. The Morgan fingerprint density at radius 3 is 2.53 bits per heavy atom. The van der Waals surface area contributed by atoms with E-state index in [2.05, 4.69) is 5.32 Å². The molecule has 2 aromatic carbocycles. The van der Waals surface area contributed by atoms with Crippen LogP contribution >= 0.6 is 0 Å². The van der Waals surface area contributed by atoms with Gasteiger partial charge in [0.15, 0.2) is 0 Å². The van der Waals surface area contributed by atoms with Crippen molar-refractivity contribution in [2.24, 2.45) is 5.73 Å². The number of nitrogens with two attached hydrogens (primary N) is 1. The first-order chi connectivity index (χ1) is 9.10. The van der Waals surface area contributed by atoms with Crippen molar-refractivity contribution in [2.75, 3.05) is 11.9 Å². The smallest absolute Gasteiger partial charge is 0.128 e. The van der Waals surface area contributed by atoms with E-state index in [1.807, 2.05) is 44.2 Å². The van der Waals surface area contributed by atoms with Gasteiger partial charge in [0, 0.05) is 17.8 Å². The van der Waals surface area contributed by atoms with E-state index in [4.69, 9.17) is 5.73 Å². The fourth-order valence-electron chi connectivity index (χ4n) is 2.13. The van der Waals surface area contributed by atoms with Crippen LogP contribution < -0.4 is 11.1 Å². The van der Waals surface area contributed by atoms with Gasteiger partial charge in [-0.05, 0) is 37.6 Å². The molecule has 0 saturated heterocycles. The number of rotatable bonds is 4. The minimum absolute atomic E-state index is 0.221. The van der Waals surface area contributed by atoms with Crippen LogP contribution in [0.4, 0.5) is 10.1 Å². The number of anilines is 1. The van der Waals surface area contributed by atoms with Crippen molar-refractivity contribution < 1.29 is 4.39 Å². The fourth-order valence-corrected chi connectivity index (χ4v) is 2.13. The van der Waals surface area contributed by atoms with Gasteiger partial charge in [0.25, 0.3) is 0 Å². The average Bonchev–Trinajstić information content (AvgIpc) is 2.39. The van der Waals surface area contributed by atoms with Crippen LogP contribution in [0, 0.1) is 19.7 Å². The molecule has 3 N–H and O–H groups in total. The lowest BCUT2D eigenvalue weighted by atomic mass is 10.0. The summed E-state index contributed by atoms with van der Waals surface area (Å²) in [4.78, 5) is 0. The molecule has 0 aliphatic carbocycles. The molecule has 0 spiro atoms. The van der Waals surface area contributed by atoms with E-state index in [0.29, 0.717) is 12.1 Å². The van der Waals surface area contributed by atoms with E-state index < -0.39 is 0 Å². The Balaban J connectivity index is 2.27. The Bertz CT molecular complexity index is 566. The molecule has 1 unspecified atom stereocenters. The van der Waals surface area contributed by atoms with Crippen molar-refractivity contribution in [1.82, 2.24) is 0 Å². The molecule has 0 aromatic heterocycles. The zero-order chi connectivity index (χ0) is 13.8. The van der Waals surface area contributed by atoms with E-state index in [1.54, 1.807) is 6.07 Å². The lowest BCUT2D eigenvalue weighted by Gasteiger charge is -2.20. The van der Waals surface area contributed by atoms with Gasteiger partial charge in [-0.2, -0.15) is 0 Å². The molecule has 0 radical (unpaired) electrons. The number of nitrogens with one attached hydrogen (secondary N) is 1. The van der Waals surface area contributed by atoms with Gasteiger partial charge in [0.1, 0.15) is 5.82 Å². The zero-order valence-corrected chi connectivity index (χ0v) is 11.3. The highest BCUT2D eigenvalue weighted by Crippen LogP contribution is 2.23. The van der Waals surface area contributed by atoms with Crippen LogP contribution in [0.5, 0.6) is 0 Å². The van der Waals surface area contributed by atoms with Crippen LogP contribution in [0.15, 0.2) is 42.5 Å². The molecule has 2 rings (SSSR count). The molecule has 19 heavy (non-hydrogen) atoms. The SMILES string of the molecule is Cc1cccc(NC(CN)c2cc(C)ccc2F)c1. The second-order valence-corrected chi connectivity index (χ2v) is 4.83. The number of halogens is 1. The first-order valence-corrected chi connectivity index (χ1v) is 6.39. The van der Waals surface area contributed by atoms with Crippen LogP contribution in [0.25, 0.3) is 0 Å². The van der Waals surface area contributed by atoms with Crippen molar-refractivity contribution in [3.05, 3.63) is 65.0 Å². The first-order valence-electron chi connectivity index (χ1n) is 6.39. The minimum Gasteiger partial charge on any atom is -0.377 e. The standard InChI is InChI=1S/C16H19FN2/c1-11-4-3-5-13(8-11)19-16(10-18)14-9-12(2)6-7-15(14)17/h3-9,16,19H,10,18H2,1-2H3. The molecule has 0 aliphatic heterocycles. The number of hydrogen-bond donors (Lipinski definition) is 2. The summed E-state index contributed by atoms with van der Waals surface area (Å²) in [6, 6.07) is 12.9. The summed E-state index contributed by atoms with van der Waals surface area (Å²) in [5.41, 5.74) is 9.54. The summed E-state index contributed by atoms with van der Waals surface area (Å²) in [6.07, 6.45) is 0. The van der Waals surface area contributed by atoms with Crippen LogP contribution in [-0.2, 0) is 0 Å². The number of benzene rings is 2. The first kappa shape index (κ1) is 13.6. The summed E-state index contributed by atoms with van der Waals surface area (Å²) in [5.74, 6) is -0.221. The molecule has 1 atom stereocenters. The molecule has 2 nitrogen and oxygen atoms in total. The highest BCUT2D eigenvalue weighted by molar-refractivity contribution is 5.48. The van der Waals surface area contributed by atoms with Crippen LogP contribution in [0.3, 0.4) is 0 Å². The maximum atomic E-state index is 13.9. The zero-order valence-electron chi connectivity index (χ0n) is 11.3. The van der Waals surface area contributed by atoms with Gasteiger partial charge in [-0.25, -0.2) is 4.39 Å². The minimum atomic E-state index is -0.221. The van der Waals surface area contributed by atoms with Crippen molar-refractivity contribution in [2.45, 2.75) is 19.9 Å². The van der Waals surface area contributed by atoms with Crippen LogP contribution in [0.2, 0.25) is 0 Å². The largest absolute Gasteiger partial charge is 0.377 e. The topological polar surface area (TPSA) is 38.0 Å². The summed E-state index contributed by atoms with van der Waals surface area (Å²) >= 11 is 0. The lowest BCUT2D eigenvalue weighted by molar-refractivity contribution is 0.593. The molecule has 0 bridgehead atoms. The molecule has 0 saturated carbocycles. The third-order valence-electron chi connectivity index (χ3n) is 3.12. The molecule has 0 amide bonds. The lowest BCUT2D eigenvalue weighted by Crippen LogP contribution is -2.21. The maximum Gasteiger partial charge on any atom is 0.128 e. The molecule has 100 valence electrons. The predicted octanol–water partition coefficient (Wildman–Crippen LogP) is 3.55. The van der Waals surface area contributed by atoms with E-state index in [-0.39, 0.29) is 11.9 Å². The monoisotopic (exact) mass is 258 g/mol. The fraction of sp³-hybridized carbons (Fsp3) is 0.250. The third kappa shape index (κ3) is 3.32. The Labute approximate surface area is 113 Å². The highest BCUT2D eigenvalue weighted by Gasteiger charge is 2.14. The second kappa shape index (κ2) is 5.85. The molecular formula is C16H19FN2. The van der Waals surface area contributed by atoms with Crippen molar-refractivity contribution in [3.63, 3.8) is 0 Å². The van der Waals surface area contributed by atoms with Crippen LogP contribution in [0.1, 0.15) is 22.7 Å². The Hall–Kier alpha value is -1.87. The predicted molar refractivity (Wildman–Crippen MR) is 77.7 cm³/mol. The highest BCUT2D eigenvalue weighted by atomic mass is 19.1. The van der Waals surface area contributed by atoms with Crippen molar-refractivity contribution in [1.29, 1.82) is 0 Å². The van der Waals surface area contributed by atoms with E-state index >= 15 is 0 Å². The van der Waals surface area contributed by atoms with E-state index in [1.165, 1.54) is 6.07 Å². The molecule has 0 fully saturated rings. The summed E-state index contributed by atoms with van der Waals surface area (Å²) in [5, 5.41) is 3.29. The van der Waals surface area contributed by atoms with Gasteiger partial charge in [-0.15, -0.1) is 0 Å². The molecule has 3 heteroatoms. The van der Waals surface area contributed by atoms with Gasteiger partial charge >= 0.3 is 0 Å². The Morgan fingerprint density at radius 1 is 1.11 bits per heavy atom. The number of hydrogen-bond acceptors (Lipinski definition) is 2. The molecule has 0 aliphatic rings. The summed E-state index contributed by atoms with van der Waals surface area (Å²) in [6.45, 7) is 4.31. The Kier molecular flexibility index (Phi) is 4.17. The molecule has 2 aromatic rings. The summed E-state index contributed by atoms with van der Waals surface area (Å²) < 4.78 is 13.9. The Morgan fingerprint density at radius 2 is 1.84 bits per heavy atom.